The van der Waals surface area contributed by atoms with Gasteiger partial charge in [0.1, 0.15) is 0 Å². The molecule has 2 aromatic carbocycles. The maximum absolute atomic E-state index is 10.2. The highest BCUT2D eigenvalue weighted by Crippen LogP contribution is 2.21. The Hall–Kier alpha value is -2.70. The van der Waals surface area contributed by atoms with Crippen molar-refractivity contribution in [2.45, 2.75) is 33.3 Å². The van der Waals surface area contributed by atoms with E-state index in [4.69, 9.17) is 15.3 Å². The smallest absolute Gasteiger partial charge is 0.335 e. The summed E-state index contributed by atoms with van der Waals surface area (Å²) in [5, 5.41) is 34.7. The molecule has 148 valence electrons. The van der Waals surface area contributed by atoms with Gasteiger partial charge in [-0.05, 0) is 30.7 Å². The van der Waals surface area contributed by atoms with Crippen LogP contribution in [0.25, 0.3) is 0 Å². The number of aromatic carboxylic acids is 2. The molecule has 0 heterocycles. The van der Waals surface area contributed by atoms with Gasteiger partial charge in [0.05, 0.1) is 23.8 Å². The molecule has 2 aromatic rings. The Kier molecular flexibility index (Phi) is 11.4. The fraction of sp³-hybridized carbons (Fsp3) is 0.333. The Balaban J connectivity index is 0.000000376. The second-order valence-electron chi connectivity index (χ2n) is 6.41. The van der Waals surface area contributed by atoms with Crippen LogP contribution in [0.3, 0.4) is 0 Å². The van der Waals surface area contributed by atoms with E-state index in [1.54, 1.807) is 60.7 Å². The number of carbonyl (C=O) groups is 2. The third-order valence-electron chi connectivity index (χ3n) is 3.74. The first-order valence-corrected chi connectivity index (χ1v) is 8.51. The first kappa shape index (κ1) is 24.3. The monoisotopic (exact) mass is 376 g/mol. The van der Waals surface area contributed by atoms with Crippen LogP contribution in [0.5, 0.6) is 0 Å². The lowest BCUT2D eigenvalue weighted by Gasteiger charge is -2.26. The number of rotatable bonds is 5. The minimum absolute atomic E-state index is 0.0437. The topological polar surface area (TPSA) is 115 Å². The molecule has 0 aliphatic heterocycles. The highest BCUT2D eigenvalue weighted by molar-refractivity contribution is 5.87. The molecule has 6 heteroatoms. The number of hydrogen-bond acceptors (Lipinski definition) is 4. The third-order valence-corrected chi connectivity index (χ3v) is 3.74. The largest absolute Gasteiger partial charge is 0.478 e. The van der Waals surface area contributed by atoms with Crippen LogP contribution in [0.1, 0.15) is 47.9 Å². The highest BCUT2D eigenvalue weighted by Gasteiger charge is 2.24. The Morgan fingerprint density at radius 3 is 1.33 bits per heavy atom. The van der Waals surface area contributed by atoms with Crippen LogP contribution in [0, 0.1) is 5.41 Å². The average Bonchev–Trinajstić information content (AvgIpc) is 2.69. The van der Waals surface area contributed by atoms with Gasteiger partial charge in [-0.25, -0.2) is 9.59 Å². The summed E-state index contributed by atoms with van der Waals surface area (Å²) in [4.78, 5) is 20.4. The summed E-state index contributed by atoms with van der Waals surface area (Å²) in [6, 6.07) is 16.6. The molecule has 0 spiro atoms. The highest BCUT2D eigenvalue weighted by atomic mass is 16.4. The maximum Gasteiger partial charge on any atom is 0.335 e. The fourth-order valence-corrected chi connectivity index (χ4v) is 1.82. The van der Waals surface area contributed by atoms with Crippen molar-refractivity contribution in [3.05, 3.63) is 71.8 Å². The minimum atomic E-state index is -0.879. The molecule has 0 bridgehead atoms. The maximum atomic E-state index is 10.2. The fourth-order valence-electron chi connectivity index (χ4n) is 1.82. The number of carboxylic acid groups (broad SMARTS) is 2. The Morgan fingerprint density at radius 1 is 0.852 bits per heavy atom. The summed E-state index contributed by atoms with van der Waals surface area (Å²) < 4.78 is 0. The lowest BCUT2D eigenvalue weighted by molar-refractivity contribution is 0.00591. The van der Waals surface area contributed by atoms with Gasteiger partial charge in [-0.15, -0.1) is 0 Å². The van der Waals surface area contributed by atoms with E-state index in [0.717, 1.165) is 0 Å². The van der Waals surface area contributed by atoms with E-state index >= 15 is 0 Å². The molecule has 0 radical (unpaired) electrons. The van der Waals surface area contributed by atoms with Gasteiger partial charge in [0.25, 0.3) is 0 Å². The lowest BCUT2D eigenvalue weighted by Crippen LogP contribution is -2.31. The van der Waals surface area contributed by atoms with E-state index < -0.39 is 11.9 Å². The zero-order valence-corrected chi connectivity index (χ0v) is 15.9. The van der Waals surface area contributed by atoms with Crippen LogP contribution in [0.2, 0.25) is 0 Å². The minimum Gasteiger partial charge on any atom is -0.478 e. The van der Waals surface area contributed by atoms with E-state index in [2.05, 4.69) is 0 Å². The second kappa shape index (κ2) is 12.6. The first-order valence-electron chi connectivity index (χ1n) is 8.51. The SMILES string of the molecule is CCC(O)C(C)(C)CO.O=C(O)c1ccccc1.O=C(O)c1ccccc1. The molecule has 0 saturated carbocycles. The summed E-state index contributed by atoms with van der Waals surface area (Å²) in [6.45, 7) is 5.65. The molecule has 4 N–H and O–H groups in total. The van der Waals surface area contributed by atoms with Crippen LogP contribution < -0.4 is 0 Å². The van der Waals surface area contributed by atoms with E-state index in [0.29, 0.717) is 17.5 Å². The molecule has 0 aromatic heterocycles. The van der Waals surface area contributed by atoms with Crippen LogP contribution in [-0.2, 0) is 0 Å². The van der Waals surface area contributed by atoms with Gasteiger partial charge in [0.2, 0.25) is 0 Å². The van der Waals surface area contributed by atoms with Gasteiger partial charge >= 0.3 is 11.9 Å². The third kappa shape index (κ3) is 10.1. The van der Waals surface area contributed by atoms with E-state index in [9.17, 15) is 14.7 Å². The van der Waals surface area contributed by atoms with Crippen molar-refractivity contribution in [2.24, 2.45) is 5.41 Å². The van der Waals surface area contributed by atoms with Gasteiger partial charge in [-0.3, -0.25) is 0 Å². The van der Waals surface area contributed by atoms with E-state index in [1.165, 1.54) is 0 Å². The molecule has 6 nitrogen and oxygen atoms in total. The molecular weight excluding hydrogens is 348 g/mol. The summed E-state index contributed by atoms with van der Waals surface area (Å²) in [5.74, 6) is -1.76. The normalized spacial score (nSPS) is 11.1. The van der Waals surface area contributed by atoms with Crippen molar-refractivity contribution in [1.29, 1.82) is 0 Å². The Bertz CT molecular complexity index is 618. The Labute approximate surface area is 159 Å². The average molecular weight is 376 g/mol. The van der Waals surface area contributed by atoms with Crippen LogP contribution in [0.15, 0.2) is 60.7 Å². The van der Waals surface area contributed by atoms with Crippen molar-refractivity contribution in [1.82, 2.24) is 0 Å². The van der Waals surface area contributed by atoms with Crippen molar-refractivity contribution < 1.29 is 30.0 Å². The zero-order chi connectivity index (χ0) is 20.9. The predicted molar refractivity (Wildman–Crippen MR) is 104 cm³/mol. The molecular formula is C21H28O6. The summed E-state index contributed by atoms with van der Waals surface area (Å²) >= 11 is 0. The van der Waals surface area contributed by atoms with Gasteiger partial charge in [0.15, 0.2) is 0 Å². The molecule has 0 aliphatic rings. The zero-order valence-electron chi connectivity index (χ0n) is 15.9. The van der Waals surface area contributed by atoms with Gasteiger partial charge < -0.3 is 20.4 Å². The van der Waals surface area contributed by atoms with Gasteiger partial charge in [-0.1, -0.05) is 57.2 Å². The summed E-state index contributed by atoms with van der Waals surface area (Å²) in [7, 11) is 0. The number of benzene rings is 2. The number of carboxylic acids is 2. The molecule has 0 fully saturated rings. The van der Waals surface area contributed by atoms with Crippen molar-refractivity contribution >= 4 is 11.9 Å². The van der Waals surface area contributed by atoms with Gasteiger partial charge in [0, 0.05) is 5.41 Å². The summed E-state index contributed by atoms with van der Waals surface area (Å²) in [6.07, 6.45) is 0.315. The van der Waals surface area contributed by atoms with Gasteiger partial charge in [-0.2, -0.15) is 0 Å². The Morgan fingerprint density at radius 2 is 1.19 bits per heavy atom. The van der Waals surface area contributed by atoms with Crippen LogP contribution in [-0.4, -0.2) is 45.1 Å². The number of aliphatic hydroxyl groups excluding tert-OH is 2. The van der Waals surface area contributed by atoms with Crippen molar-refractivity contribution in [3.63, 3.8) is 0 Å². The molecule has 0 amide bonds. The summed E-state index contributed by atoms with van der Waals surface area (Å²) in [5.41, 5.74) is 0.323. The quantitative estimate of drug-likeness (QED) is 0.634. The lowest BCUT2D eigenvalue weighted by atomic mass is 9.86. The number of aliphatic hydroxyl groups is 2. The first-order chi connectivity index (χ1) is 12.7. The van der Waals surface area contributed by atoms with E-state index in [-0.39, 0.29) is 18.1 Å². The molecule has 0 aliphatic carbocycles. The van der Waals surface area contributed by atoms with Crippen LogP contribution in [0.4, 0.5) is 0 Å². The molecule has 2 rings (SSSR count). The standard InChI is InChI=1S/2C7H6O2.C7H16O2/c2*8-7(9)6-4-2-1-3-5-6;1-4-6(9)7(2,3)5-8/h2*1-5H,(H,8,9);6,8-9H,4-5H2,1-3H3. The van der Waals surface area contributed by atoms with Crippen molar-refractivity contribution in [3.8, 4) is 0 Å². The van der Waals surface area contributed by atoms with Crippen molar-refractivity contribution in [2.75, 3.05) is 6.61 Å². The predicted octanol–water partition coefficient (Wildman–Crippen LogP) is 3.55. The number of hydrogen-bond donors (Lipinski definition) is 4. The molecule has 0 saturated heterocycles. The van der Waals surface area contributed by atoms with Crippen LogP contribution >= 0.6 is 0 Å². The molecule has 27 heavy (non-hydrogen) atoms. The molecule has 1 unspecified atom stereocenters. The van der Waals surface area contributed by atoms with E-state index in [1.807, 2.05) is 20.8 Å². The molecule has 1 atom stereocenters. The second-order valence-corrected chi connectivity index (χ2v) is 6.41.